The number of hydrogen-bond acceptors (Lipinski definition) is 10. The average Bonchev–Trinajstić information content (AvgIpc) is 3.24. The van der Waals surface area contributed by atoms with E-state index >= 15 is 0 Å². The van der Waals surface area contributed by atoms with Crippen molar-refractivity contribution in [3.8, 4) is 17.6 Å². The number of anilines is 3. The molecule has 0 heterocycles. The van der Waals surface area contributed by atoms with Gasteiger partial charge in [-0.05, 0) is 116 Å². The van der Waals surface area contributed by atoms with Crippen LogP contribution in [0.25, 0.3) is 0 Å². The number of aromatic hydroxyl groups is 1. The number of nitrogens with zero attached hydrogens (tertiary/aromatic N) is 1. The van der Waals surface area contributed by atoms with Crippen LogP contribution >= 0.6 is 0 Å². The summed E-state index contributed by atoms with van der Waals surface area (Å²) in [5.41, 5.74) is 7.55. The van der Waals surface area contributed by atoms with Gasteiger partial charge < -0.3 is 47.3 Å². The Labute approximate surface area is 348 Å². The number of carbonyl (C=O) groups is 7. The maximum Gasteiger partial charge on any atom is 0.335 e. The number of carbonyl (C=O) groups excluding carboxylic acids is 6. The summed E-state index contributed by atoms with van der Waals surface area (Å²) in [6.45, 7) is 3.41. The van der Waals surface area contributed by atoms with Gasteiger partial charge in [-0.15, -0.1) is 0 Å². The van der Waals surface area contributed by atoms with Crippen molar-refractivity contribution in [1.82, 2.24) is 10.6 Å². The van der Waals surface area contributed by atoms with E-state index in [-0.39, 0.29) is 45.9 Å². The number of hydrogen-bond donors (Lipinski definition) is 8. The number of carboxylic acids is 1. The molecule has 0 aliphatic rings. The summed E-state index contributed by atoms with van der Waals surface area (Å²) < 4.78 is 5.78. The number of benzene rings is 5. The lowest BCUT2D eigenvalue weighted by Gasteiger charge is -2.19. The molecule has 0 unspecified atom stereocenters. The quantitative estimate of drug-likeness (QED) is 0.0669. The Morgan fingerprint density at radius 1 is 0.672 bits per heavy atom. The number of nitrogens with two attached hydrogens (primary N) is 1. The molecule has 61 heavy (non-hydrogen) atoms. The third-order valence-electron chi connectivity index (χ3n) is 8.75. The van der Waals surface area contributed by atoms with Gasteiger partial charge in [0.25, 0.3) is 23.6 Å². The lowest BCUT2D eigenvalue weighted by molar-refractivity contribution is -0.123. The second kappa shape index (κ2) is 19.8. The fourth-order valence-corrected chi connectivity index (χ4v) is 5.64. The van der Waals surface area contributed by atoms with Gasteiger partial charge in [-0.3, -0.25) is 28.8 Å². The molecule has 310 valence electrons. The standard InChI is InChI=1S/C44H39N7O10/c1-24(2)61-38-34(20-19-33(37(38)53)42(57)47-23-26-5-9-30(10-6-26)44(59)60)50-40(55)28-13-17-32(18-14-28)49-43(58)35(21-36(46)52)51-41(56)29-11-15-31(16-12-29)48-39(54)27-7-3-25(22-45)4-8-27/h3-20,24,35,53H,21,23H2,1-2H3,(H2,46,52)(H,47,57)(H,48,54)(H,49,58)(H,50,55)(H,51,56)(H,59,60)/t35-/m0/s1. The maximum absolute atomic E-state index is 13.3. The largest absolute Gasteiger partial charge is 0.504 e. The highest BCUT2D eigenvalue weighted by Gasteiger charge is 2.25. The summed E-state index contributed by atoms with van der Waals surface area (Å²) in [4.78, 5) is 88.2. The number of rotatable bonds is 16. The molecular formula is C44H39N7O10. The van der Waals surface area contributed by atoms with Crippen LogP contribution < -0.4 is 37.1 Å². The highest BCUT2D eigenvalue weighted by molar-refractivity contribution is 6.08. The van der Waals surface area contributed by atoms with Crippen LogP contribution in [0.1, 0.15) is 83.2 Å². The molecule has 0 fully saturated rings. The molecule has 0 saturated carbocycles. The van der Waals surface area contributed by atoms with Crippen molar-refractivity contribution in [3.63, 3.8) is 0 Å². The van der Waals surface area contributed by atoms with Crippen molar-refractivity contribution < 1.29 is 48.5 Å². The minimum absolute atomic E-state index is 0.0373. The Kier molecular flexibility index (Phi) is 14.1. The molecule has 0 aliphatic carbocycles. The number of carboxylic acid groups (broad SMARTS) is 1. The molecule has 1 atom stereocenters. The smallest absolute Gasteiger partial charge is 0.335 e. The zero-order valence-corrected chi connectivity index (χ0v) is 32.6. The van der Waals surface area contributed by atoms with Crippen molar-refractivity contribution in [2.24, 2.45) is 5.73 Å². The monoisotopic (exact) mass is 825 g/mol. The third-order valence-corrected chi connectivity index (χ3v) is 8.75. The van der Waals surface area contributed by atoms with Gasteiger partial charge in [0.15, 0.2) is 11.5 Å². The molecule has 0 spiro atoms. The molecule has 5 aromatic carbocycles. The van der Waals surface area contributed by atoms with E-state index in [2.05, 4.69) is 26.6 Å². The summed E-state index contributed by atoms with van der Waals surface area (Å²) in [5.74, 6) is -5.83. The van der Waals surface area contributed by atoms with Crippen molar-refractivity contribution >= 4 is 58.5 Å². The first kappa shape index (κ1) is 43.6. The molecule has 17 heteroatoms. The molecule has 0 aromatic heterocycles. The summed E-state index contributed by atoms with van der Waals surface area (Å²) in [6.07, 6.45) is -1.01. The van der Waals surface area contributed by atoms with Crippen LogP contribution in [0.5, 0.6) is 11.5 Å². The lowest BCUT2D eigenvalue weighted by atomic mass is 10.1. The fraction of sp³-hybridized carbons (Fsp3) is 0.136. The van der Waals surface area contributed by atoms with Gasteiger partial charge in [0.1, 0.15) is 6.04 Å². The van der Waals surface area contributed by atoms with Crippen LogP contribution in [-0.4, -0.2) is 63.8 Å². The van der Waals surface area contributed by atoms with E-state index in [9.17, 15) is 38.7 Å². The first-order valence-corrected chi connectivity index (χ1v) is 18.5. The van der Waals surface area contributed by atoms with Crippen molar-refractivity contribution in [1.29, 1.82) is 5.26 Å². The van der Waals surface area contributed by atoms with Crippen LogP contribution in [0.15, 0.2) is 109 Å². The summed E-state index contributed by atoms with van der Waals surface area (Å²) >= 11 is 0. The van der Waals surface area contributed by atoms with Crippen LogP contribution in [0.2, 0.25) is 0 Å². The van der Waals surface area contributed by atoms with E-state index in [1.54, 1.807) is 26.0 Å². The van der Waals surface area contributed by atoms with Gasteiger partial charge in [-0.25, -0.2) is 4.79 Å². The van der Waals surface area contributed by atoms with E-state index in [4.69, 9.17) is 20.8 Å². The van der Waals surface area contributed by atoms with Crippen LogP contribution in [0.3, 0.4) is 0 Å². The second-order valence-electron chi connectivity index (χ2n) is 13.6. The van der Waals surface area contributed by atoms with E-state index < -0.39 is 65.7 Å². The van der Waals surface area contributed by atoms with Crippen LogP contribution in [0, 0.1) is 11.3 Å². The van der Waals surface area contributed by atoms with Crippen LogP contribution in [-0.2, 0) is 16.1 Å². The van der Waals surface area contributed by atoms with Gasteiger partial charge in [-0.2, -0.15) is 5.26 Å². The molecular weight excluding hydrogens is 787 g/mol. The highest BCUT2D eigenvalue weighted by atomic mass is 16.5. The minimum Gasteiger partial charge on any atom is -0.504 e. The number of phenolic OH excluding ortho intramolecular Hbond substituents is 1. The summed E-state index contributed by atoms with van der Waals surface area (Å²) in [5, 5.41) is 42.2. The highest BCUT2D eigenvalue weighted by Crippen LogP contribution is 2.39. The second-order valence-corrected chi connectivity index (χ2v) is 13.6. The Bertz CT molecular complexity index is 2520. The Morgan fingerprint density at radius 2 is 1.20 bits per heavy atom. The number of phenols is 1. The number of nitrogens with one attached hydrogen (secondary N) is 5. The van der Waals surface area contributed by atoms with E-state index in [1.807, 2.05) is 6.07 Å². The van der Waals surface area contributed by atoms with Crippen molar-refractivity contribution in [2.75, 3.05) is 16.0 Å². The number of primary amides is 1. The number of nitriles is 1. The normalized spacial score (nSPS) is 11.0. The predicted octanol–water partition coefficient (Wildman–Crippen LogP) is 4.80. The molecule has 0 saturated heterocycles. The average molecular weight is 826 g/mol. The van der Waals surface area contributed by atoms with Gasteiger partial charge in [0.05, 0.1) is 41.0 Å². The van der Waals surface area contributed by atoms with E-state index in [1.165, 1.54) is 97.1 Å². The zero-order chi connectivity index (χ0) is 44.2. The number of ether oxygens (including phenoxy) is 1. The first-order chi connectivity index (χ1) is 29.1. The Balaban J connectivity index is 1.20. The van der Waals surface area contributed by atoms with Crippen molar-refractivity contribution in [3.05, 3.63) is 148 Å². The molecule has 5 rings (SSSR count). The van der Waals surface area contributed by atoms with Gasteiger partial charge in [-0.1, -0.05) is 12.1 Å². The topological polar surface area (TPSA) is 279 Å². The molecule has 0 bridgehead atoms. The van der Waals surface area contributed by atoms with Gasteiger partial charge in [0, 0.05) is 34.6 Å². The van der Waals surface area contributed by atoms with E-state index in [0.29, 0.717) is 22.4 Å². The van der Waals surface area contributed by atoms with Gasteiger partial charge in [0.2, 0.25) is 11.8 Å². The molecule has 0 radical (unpaired) electrons. The molecule has 0 aliphatic heterocycles. The fourth-order valence-electron chi connectivity index (χ4n) is 5.64. The molecule has 9 N–H and O–H groups in total. The predicted molar refractivity (Wildman–Crippen MR) is 222 cm³/mol. The third kappa shape index (κ3) is 11.8. The van der Waals surface area contributed by atoms with Crippen molar-refractivity contribution in [2.45, 2.75) is 39.0 Å². The molecule has 17 nitrogen and oxygen atoms in total. The number of aromatic carboxylic acids is 1. The first-order valence-electron chi connectivity index (χ1n) is 18.5. The summed E-state index contributed by atoms with van der Waals surface area (Å²) in [7, 11) is 0. The number of amides is 6. The van der Waals surface area contributed by atoms with Crippen LogP contribution in [0.4, 0.5) is 17.1 Å². The zero-order valence-electron chi connectivity index (χ0n) is 32.6. The maximum atomic E-state index is 13.3. The lowest BCUT2D eigenvalue weighted by Crippen LogP contribution is -2.46. The van der Waals surface area contributed by atoms with E-state index in [0.717, 1.165) is 0 Å². The minimum atomic E-state index is -1.38. The Hall–Kier alpha value is -8.52. The molecule has 6 amide bonds. The Morgan fingerprint density at radius 3 is 1.74 bits per heavy atom. The summed E-state index contributed by atoms with van der Waals surface area (Å²) in [6, 6.07) is 26.6. The SMILES string of the molecule is CC(C)Oc1c(NC(=O)c2ccc(NC(=O)[C@H](CC(N)=O)NC(=O)c3ccc(NC(=O)c4ccc(C#N)cc4)cc3)cc2)ccc(C(=O)NCc2ccc(C(=O)O)cc2)c1O. The van der Waals surface area contributed by atoms with Gasteiger partial charge >= 0.3 is 5.97 Å². The molecule has 5 aromatic rings.